The Morgan fingerprint density at radius 1 is 1.23 bits per heavy atom. The van der Waals surface area contributed by atoms with E-state index in [1.54, 1.807) is 6.07 Å². The molecule has 162 valence electrons. The van der Waals surface area contributed by atoms with E-state index in [1.807, 2.05) is 6.92 Å². The minimum Gasteiger partial charge on any atom is -0.495 e. The number of nitrogens with one attached hydrogen (secondary N) is 2. The van der Waals surface area contributed by atoms with Crippen molar-refractivity contribution in [3.63, 3.8) is 0 Å². The summed E-state index contributed by atoms with van der Waals surface area (Å²) in [4.78, 5) is 24.4. The van der Waals surface area contributed by atoms with Crippen LogP contribution in [0.1, 0.15) is 30.3 Å². The van der Waals surface area contributed by atoms with E-state index in [9.17, 15) is 18.0 Å². The second-order valence-electron chi connectivity index (χ2n) is 6.63. The fraction of sp³-hybridized carbons (Fsp3) is 0.421. The van der Waals surface area contributed by atoms with Crippen molar-refractivity contribution < 1.29 is 27.5 Å². The van der Waals surface area contributed by atoms with Crippen LogP contribution in [0.3, 0.4) is 0 Å². The van der Waals surface area contributed by atoms with E-state index < -0.39 is 10.0 Å². The Hall–Kier alpha value is -2.76. The topological polar surface area (TPSA) is 129 Å². The molecule has 30 heavy (non-hydrogen) atoms. The summed E-state index contributed by atoms with van der Waals surface area (Å²) in [6.07, 6.45) is 0.599. The summed E-state index contributed by atoms with van der Waals surface area (Å²) in [7, 11) is -1.04. The molecule has 10 nitrogen and oxygen atoms in total. The van der Waals surface area contributed by atoms with Crippen molar-refractivity contribution in [1.82, 2.24) is 14.5 Å². The lowest BCUT2D eigenvalue weighted by Gasteiger charge is -2.13. The molecule has 1 aliphatic rings. The van der Waals surface area contributed by atoms with Gasteiger partial charge in [-0.05, 0) is 24.1 Å². The van der Waals surface area contributed by atoms with Gasteiger partial charge >= 0.3 is 0 Å². The number of aryl methyl sites for hydroxylation is 1. The van der Waals surface area contributed by atoms with Gasteiger partial charge in [0.1, 0.15) is 16.5 Å². The average molecular weight is 436 g/mol. The number of rotatable bonds is 8. The lowest BCUT2D eigenvalue weighted by Crippen LogP contribution is -2.27. The number of nitrogens with zero attached hydrogens (tertiary/aromatic N) is 2. The standard InChI is InChI=1S/C19H24N4O6S/c1-4-13-18(19-21-16(24)7-8-17(25)23(19)22-13)12-5-6-14(29-3)15(11-12)30(26,27)20-9-10-28-2/h5-6,11,20H,4,7-10H2,1-3H3,(H,21,24). The highest BCUT2D eigenvalue weighted by atomic mass is 32.2. The van der Waals surface area contributed by atoms with Crippen molar-refractivity contribution in [2.75, 3.05) is 32.7 Å². The Balaban J connectivity index is 2.15. The molecular weight excluding hydrogens is 412 g/mol. The Morgan fingerprint density at radius 3 is 2.67 bits per heavy atom. The van der Waals surface area contributed by atoms with E-state index >= 15 is 0 Å². The van der Waals surface area contributed by atoms with Crippen molar-refractivity contribution in [3.8, 4) is 16.9 Å². The van der Waals surface area contributed by atoms with Crippen LogP contribution in [0.4, 0.5) is 5.82 Å². The largest absolute Gasteiger partial charge is 0.495 e. The molecule has 11 heteroatoms. The second-order valence-corrected chi connectivity index (χ2v) is 8.37. The fourth-order valence-corrected chi connectivity index (χ4v) is 4.43. The van der Waals surface area contributed by atoms with Crippen LogP contribution >= 0.6 is 0 Å². The molecule has 2 aromatic rings. The van der Waals surface area contributed by atoms with Gasteiger partial charge in [0.25, 0.3) is 0 Å². The first-order chi connectivity index (χ1) is 14.3. The van der Waals surface area contributed by atoms with Gasteiger partial charge in [-0.25, -0.2) is 13.1 Å². The van der Waals surface area contributed by atoms with Crippen molar-refractivity contribution in [2.45, 2.75) is 31.1 Å². The number of carbonyl (C=O) groups excluding carboxylic acids is 2. The molecule has 0 saturated carbocycles. The number of anilines is 1. The van der Waals surface area contributed by atoms with Gasteiger partial charge in [-0.1, -0.05) is 13.0 Å². The zero-order valence-electron chi connectivity index (χ0n) is 17.0. The first-order valence-corrected chi connectivity index (χ1v) is 10.9. The monoisotopic (exact) mass is 436 g/mol. The zero-order valence-corrected chi connectivity index (χ0v) is 17.8. The summed E-state index contributed by atoms with van der Waals surface area (Å²) >= 11 is 0. The molecule has 1 aliphatic heterocycles. The predicted octanol–water partition coefficient (Wildman–Crippen LogP) is 1.42. The minimum atomic E-state index is -3.89. The van der Waals surface area contributed by atoms with E-state index in [0.717, 1.165) is 0 Å². The number of ether oxygens (including phenoxy) is 2. The summed E-state index contributed by atoms with van der Waals surface area (Å²) in [5, 5.41) is 7.09. The average Bonchev–Trinajstić information content (AvgIpc) is 3.03. The van der Waals surface area contributed by atoms with Gasteiger partial charge in [0, 0.05) is 32.1 Å². The summed E-state index contributed by atoms with van der Waals surface area (Å²) in [5.74, 6) is -0.180. The normalized spacial score (nSPS) is 14.2. The van der Waals surface area contributed by atoms with Crippen LogP contribution in [0.2, 0.25) is 0 Å². The van der Waals surface area contributed by atoms with Gasteiger partial charge in [-0.2, -0.15) is 9.78 Å². The fourth-order valence-electron chi connectivity index (χ4n) is 3.23. The summed E-state index contributed by atoms with van der Waals surface area (Å²) in [6.45, 7) is 2.18. The molecule has 2 N–H and O–H groups in total. The number of benzene rings is 1. The number of hydrogen-bond acceptors (Lipinski definition) is 7. The highest BCUT2D eigenvalue weighted by Crippen LogP contribution is 2.37. The summed E-state index contributed by atoms with van der Waals surface area (Å²) in [5.41, 5.74) is 1.58. The van der Waals surface area contributed by atoms with Crippen molar-refractivity contribution in [2.24, 2.45) is 0 Å². The third-order valence-electron chi connectivity index (χ3n) is 4.69. The van der Waals surface area contributed by atoms with E-state index in [2.05, 4.69) is 15.1 Å². The molecule has 0 atom stereocenters. The number of methoxy groups -OCH3 is 2. The number of fused-ring (bicyclic) bond motifs is 1. The third kappa shape index (κ3) is 4.23. The third-order valence-corrected chi connectivity index (χ3v) is 6.18. The summed E-state index contributed by atoms with van der Waals surface area (Å²) in [6, 6.07) is 4.65. The first kappa shape index (κ1) is 21.9. The van der Waals surface area contributed by atoms with Crippen LogP contribution in [0.15, 0.2) is 23.1 Å². The molecule has 0 aliphatic carbocycles. The lowest BCUT2D eigenvalue weighted by molar-refractivity contribution is -0.116. The summed E-state index contributed by atoms with van der Waals surface area (Å²) < 4.78 is 39.4. The molecule has 0 saturated heterocycles. The van der Waals surface area contributed by atoms with Gasteiger partial charge in [0.05, 0.1) is 19.4 Å². The maximum absolute atomic E-state index is 12.8. The molecule has 1 amide bonds. The van der Waals surface area contributed by atoms with E-state index in [0.29, 0.717) is 23.2 Å². The number of sulfonamides is 1. The van der Waals surface area contributed by atoms with E-state index in [-0.39, 0.29) is 54.3 Å². The molecule has 0 spiro atoms. The highest BCUT2D eigenvalue weighted by Gasteiger charge is 2.28. The van der Waals surface area contributed by atoms with Crippen molar-refractivity contribution in [1.29, 1.82) is 0 Å². The quantitative estimate of drug-likeness (QED) is 0.599. The smallest absolute Gasteiger partial charge is 0.249 e. The van der Waals surface area contributed by atoms with Crippen LogP contribution in [-0.2, 0) is 26.0 Å². The molecule has 0 unspecified atom stereocenters. The van der Waals surface area contributed by atoms with E-state index in [1.165, 1.54) is 31.0 Å². The van der Waals surface area contributed by atoms with Gasteiger partial charge in [0.2, 0.25) is 21.8 Å². The second kappa shape index (κ2) is 8.94. The molecule has 1 aromatic carbocycles. The molecular formula is C19H24N4O6S. The number of hydrogen-bond donors (Lipinski definition) is 2. The van der Waals surface area contributed by atoms with Gasteiger partial charge in [-0.15, -0.1) is 0 Å². The number of carbonyl (C=O) groups is 2. The van der Waals surface area contributed by atoms with Crippen LogP contribution in [0, 0.1) is 0 Å². The lowest BCUT2D eigenvalue weighted by atomic mass is 10.0. The zero-order chi connectivity index (χ0) is 21.9. The first-order valence-electron chi connectivity index (χ1n) is 9.44. The maximum Gasteiger partial charge on any atom is 0.249 e. The van der Waals surface area contributed by atoms with Crippen LogP contribution in [-0.4, -0.2) is 57.4 Å². The number of amides is 1. The Kier molecular flexibility index (Phi) is 6.54. The molecule has 0 fully saturated rings. The number of aromatic nitrogens is 2. The predicted molar refractivity (Wildman–Crippen MR) is 109 cm³/mol. The van der Waals surface area contributed by atoms with Gasteiger partial charge < -0.3 is 14.8 Å². The van der Waals surface area contributed by atoms with Crippen LogP contribution < -0.4 is 14.8 Å². The molecule has 2 heterocycles. The molecule has 0 bridgehead atoms. The van der Waals surface area contributed by atoms with Crippen LogP contribution in [0.5, 0.6) is 5.75 Å². The van der Waals surface area contributed by atoms with Gasteiger partial charge in [0.15, 0.2) is 0 Å². The Morgan fingerprint density at radius 2 is 2.00 bits per heavy atom. The molecule has 0 radical (unpaired) electrons. The maximum atomic E-state index is 12.8. The molecule has 1 aromatic heterocycles. The van der Waals surface area contributed by atoms with Crippen LogP contribution in [0.25, 0.3) is 11.1 Å². The Bertz CT molecular complexity index is 1080. The SMILES string of the molecule is CCc1nn2c(c1-c1ccc(OC)c(S(=O)(=O)NCCOC)c1)NC(=O)CCC2=O. The molecule has 3 rings (SSSR count). The van der Waals surface area contributed by atoms with Crippen molar-refractivity contribution >= 4 is 27.7 Å². The highest BCUT2D eigenvalue weighted by molar-refractivity contribution is 7.89. The van der Waals surface area contributed by atoms with Crippen molar-refractivity contribution in [3.05, 3.63) is 23.9 Å². The van der Waals surface area contributed by atoms with E-state index in [4.69, 9.17) is 9.47 Å². The minimum absolute atomic E-state index is 0.0504. The Labute approximate surface area is 174 Å². The van der Waals surface area contributed by atoms with Gasteiger partial charge in [-0.3, -0.25) is 9.59 Å².